The summed E-state index contributed by atoms with van der Waals surface area (Å²) in [6.07, 6.45) is 5.07. The van der Waals surface area contributed by atoms with E-state index in [1.54, 1.807) is 0 Å². The molecule has 1 aliphatic carbocycles. The number of fused-ring (bicyclic) bond motifs is 1. The molecule has 1 aliphatic rings. The van der Waals surface area contributed by atoms with Gasteiger partial charge in [0.15, 0.2) is 0 Å². The summed E-state index contributed by atoms with van der Waals surface area (Å²) >= 11 is 0. The highest BCUT2D eigenvalue weighted by Crippen LogP contribution is 2.25. The second kappa shape index (κ2) is 5.99. The van der Waals surface area contributed by atoms with E-state index in [1.807, 2.05) is 0 Å². The van der Waals surface area contributed by atoms with Gasteiger partial charge in [-0.25, -0.2) is 0 Å². The van der Waals surface area contributed by atoms with E-state index in [1.165, 1.54) is 36.8 Å². The Morgan fingerprint density at radius 2 is 1.87 bits per heavy atom. The first-order chi connectivity index (χ1) is 6.90. The fourth-order valence-corrected chi connectivity index (χ4v) is 1.98. The van der Waals surface area contributed by atoms with Crippen molar-refractivity contribution in [2.24, 2.45) is 5.73 Å². The monoisotopic (exact) mass is 226 g/mol. The van der Waals surface area contributed by atoms with Crippen molar-refractivity contribution >= 4 is 0 Å². The van der Waals surface area contributed by atoms with E-state index >= 15 is 0 Å². The molecule has 84 valence electrons. The van der Waals surface area contributed by atoms with E-state index in [4.69, 9.17) is 10.5 Å². The second-order valence-corrected chi connectivity index (χ2v) is 3.77. The molecule has 0 atom stereocenters. The lowest BCUT2D eigenvalue weighted by atomic mass is 9.92. The Kier molecular flexibility index (Phi) is 4.92. The molecule has 15 heavy (non-hydrogen) atoms. The minimum Gasteiger partial charge on any atom is -1.00 e. The van der Waals surface area contributed by atoms with Crippen LogP contribution in [0.25, 0.3) is 0 Å². The Morgan fingerprint density at radius 1 is 1.13 bits per heavy atom. The van der Waals surface area contributed by atoms with Gasteiger partial charge in [-0.3, -0.25) is 0 Å². The van der Waals surface area contributed by atoms with Gasteiger partial charge in [-0.15, -0.1) is 0 Å². The Hall–Kier alpha value is -0.730. The lowest BCUT2D eigenvalue weighted by molar-refractivity contribution is -0.00000339. The summed E-state index contributed by atoms with van der Waals surface area (Å²) in [4.78, 5) is 0. The van der Waals surface area contributed by atoms with Crippen molar-refractivity contribution in [3.63, 3.8) is 0 Å². The van der Waals surface area contributed by atoms with Gasteiger partial charge in [0.1, 0.15) is 12.4 Å². The highest BCUT2D eigenvalue weighted by Gasteiger charge is 2.09. The van der Waals surface area contributed by atoms with E-state index in [0.29, 0.717) is 13.2 Å². The van der Waals surface area contributed by atoms with Crippen molar-refractivity contribution in [1.29, 1.82) is 0 Å². The van der Waals surface area contributed by atoms with Crippen molar-refractivity contribution in [1.82, 2.24) is 0 Å². The van der Waals surface area contributed by atoms with Crippen LogP contribution in [0.2, 0.25) is 0 Å². The molecule has 2 N–H and O–H groups in total. The third-order valence-corrected chi connectivity index (χ3v) is 2.71. The van der Waals surface area contributed by atoms with Crippen molar-refractivity contribution in [3.8, 4) is 5.75 Å². The Morgan fingerprint density at radius 3 is 2.60 bits per heavy atom. The van der Waals surface area contributed by atoms with Crippen molar-refractivity contribution in [2.45, 2.75) is 25.7 Å². The zero-order chi connectivity index (χ0) is 9.80. The van der Waals surface area contributed by atoms with Gasteiger partial charge in [0, 0.05) is 6.54 Å². The van der Waals surface area contributed by atoms with Crippen LogP contribution in [0.1, 0.15) is 24.0 Å². The van der Waals surface area contributed by atoms with Crippen LogP contribution < -0.4 is 22.9 Å². The predicted octanol–water partition coefficient (Wildman–Crippen LogP) is -1.09. The van der Waals surface area contributed by atoms with Gasteiger partial charge < -0.3 is 22.9 Å². The van der Waals surface area contributed by atoms with E-state index < -0.39 is 0 Å². The number of hydrogen-bond acceptors (Lipinski definition) is 2. The molecule has 0 unspecified atom stereocenters. The Balaban J connectivity index is 0.00000112. The summed E-state index contributed by atoms with van der Waals surface area (Å²) in [5, 5.41) is 0. The summed E-state index contributed by atoms with van der Waals surface area (Å²) in [5.74, 6) is 0.969. The first kappa shape index (κ1) is 12.3. The molecule has 1 aromatic carbocycles. The number of benzene rings is 1. The Labute approximate surface area is 97.2 Å². The number of rotatable bonds is 3. The van der Waals surface area contributed by atoms with Gasteiger partial charge in [0.05, 0.1) is 0 Å². The molecule has 1 aromatic rings. The summed E-state index contributed by atoms with van der Waals surface area (Å²) in [6, 6.07) is 6.42. The quantitative estimate of drug-likeness (QED) is 0.711. The van der Waals surface area contributed by atoms with Gasteiger partial charge >= 0.3 is 0 Å². The molecule has 0 aromatic heterocycles. The van der Waals surface area contributed by atoms with Gasteiger partial charge in [0.2, 0.25) is 0 Å². The lowest BCUT2D eigenvalue weighted by Gasteiger charge is -2.16. The molecule has 0 heterocycles. The molecule has 0 saturated heterocycles. The number of nitrogens with two attached hydrogens (primary N) is 1. The summed E-state index contributed by atoms with van der Waals surface area (Å²) in [6.45, 7) is 1.19. The first-order valence-electron chi connectivity index (χ1n) is 5.35. The van der Waals surface area contributed by atoms with Gasteiger partial charge in [-0.1, -0.05) is 6.07 Å². The van der Waals surface area contributed by atoms with E-state index in [0.717, 1.165) is 5.75 Å². The summed E-state index contributed by atoms with van der Waals surface area (Å²) < 4.78 is 5.50. The van der Waals surface area contributed by atoms with Crippen LogP contribution in [0.4, 0.5) is 0 Å². The van der Waals surface area contributed by atoms with Crippen molar-refractivity contribution < 1.29 is 17.1 Å². The fraction of sp³-hybridized carbons (Fsp3) is 0.500. The number of ether oxygens (including phenoxy) is 1. The molecular formula is C12H17ClNO-. The maximum absolute atomic E-state index is 5.50. The maximum atomic E-state index is 5.50. The average molecular weight is 227 g/mol. The SMILES string of the molecule is NCCOc1ccc2c(c1)CCCC2.[Cl-]. The van der Waals surface area contributed by atoms with Crippen LogP contribution in [0, 0.1) is 0 Å². The topological polar surface area (TPSA) is 35.2 Å². The molecule has 0 saturated carbocycles. The zero-order valence-electron chi connectivity index (χ0n) is 8.84. The largest absolute Gasteiger partial charge is 1.00 e. The van der Waals surface area contributed by atoms with Crippen molar-refractivity contribution in [3.05, 3.63) is 29.3 Å². The van der Waals surface area contributed by atoms with Crippen LogP contribution in [0.15, 0.2) is 18.2 Å². The highest BCUT2D eigenvalue weighted by molar-refractivity contribution is 5.37. The smallest absolute Gasteiger partial charge is 0.119 e. The molecule has 0 fully saturated rings. The summed E-state index contributed by atoms with van der Waals surface area (Å²) in [7, 11) is 0. The molecule has 2 rings (SSSR count). The number of aryl methyl sites for hydroxylation is 2. The molecule has 0 aliphatic heterocycles. The van der Waals surface area contributed by atoms with Gasteiger partial charge in [-0.05, 0) is 48.9 Å². The highest BCUT2D eigenvalue weighted by atomic mass is 35.5. The van der Waals surface area contributed by atoms with Crippen LogP contribution in [0.5, 0.6) is 5.75 Å². The molecule has 0 amide bonds. The van der Waals surface area contributed by atoms with Gasteiger partial charge in [0.25, 0.3) is 0 Å². The van der Waals surface area contributed by atoms with Crippen LogP contribution in [0.3, 0.4) is 0 Å². The lowest BCUT2D eigenvalue weighted by Crippen LogP contribution is -3.00. The normalized spacial score (nSPS) is 13.9. The molecule has 0 bridgehead atoms. The standard InChI is InChI=1S/C12H17NO.ClH/c13-7-8-14-12-6-5-10-3-1-2-4-11(10)9-12;/h5-6,9H,1-4,7-8,13H2;1H/p-1. The number of halogens is 1. The average Bonchev–Trinajstić information content (AvgIpc) is 2.26. The molecule has 0 radical (unpaired) electrons. The number of hydrogen-bond donors (Lipinski definition) is 1. The third-order valence-electron chi connectivity index (χ3n) is 2.71. The van der Waals surface area contributed by atoms with E-state index in [9.17, 15) is 0 Å². The minimum atomic E-state index is 0. The summed E-state index contributed by atoms with van der Waals surface area (Å²) in [5.41, 5.74) is 8.35. The second-order valence-electron chi connectivity index (χ2n) is 3.77. The zero-order valence-corrected chi connectivity index (χ0v) is 9.59. The fourth-order valence-electron chi connectivity index (χ4n) is 1.98. The van der Waals surface area contributed by atoms with Gasteiger partial charge in [-0.2, -0.15) is 0 Å². The molecule has 3 heteroatoms. The molecular weight excluding hydrogens is 210 g/mol. The maximum Gasteiger partial charge on any atom is 0.119 e. The predicted molar refractivity (Wildman–Crippen MR) is 57.6 cm³/mol. The minimum absolute atomic E-state index is 0. The van der Waals surface area contributed by atoms with E-state index in [2.05, 4.69) is 18.2 Å². The molecule has 2 nitrogen and oxygen atoms in total. The van der Waals surface area contributed by atoms with E-state index in [-0.39, 0.29) is 12.4 Å². The molecule has 0 spiro atoms. The Bertz CT molecular complexity index is 314. The third kappa shape index (κ3) is 3.11. The van der Waals surface area contributed by atoms with Crippen LogP contribution in [-0.4, -0.2) is 13.2 Å². The van der Waals surface area contributed by atoms with Crippen LogP contribution >= 0.6 is 0 Å². The van der Waals surface area contributed by atoms with Crippen LogP contribution in [-0.2, 0) is 12.8 Å². The van der Waals surface area contributed by atoms with Crippen molar-refractivity contribution in [2.75, 3.05) is 13.2 Å². The first-order valence-corrected chi connectivity index (χ1v) is 5.35.